The Balaban J connectivity index is 3.10. The monoisotopic (exact) mass is 212 g/mol. The number of hydrogen-bond acceptors (Lipinski definition) is 5. The van der Waals surface area contributed by atoms with E-state index in [0.717, 1.165) is 6.07 Å². The number of hydrogen-bond donors (Lipinski definition) is 0. The minimum absolute atomic E-state index is 0.0899. The van der Waals surface area contributed by atoms with Crippen LogP contribution in [0.5, 0.6) is 5.75 Å². The smallest absolute Gasteiger partial charge is 0.311 e. The van der Waals surface area contributed by atoms with Crippen LogP contribution in [-0.4, -0.2) is 17.0 Å². The maximum atomic E-state index is 10.6. The van der Waals surface area contributed by atoms with Gasteiger partial charge in [0.05, 0.1) is 12.0 Å². The Kier molecular flexibility index (Phi) is 3.17. The second kappa shape index (κ2) is 4.36. The fourth-order valence-corrected chi connectivity index (χ4v) is 1.13. The largest absolute Gasteiger partial charge is 0.490 e. The van der Waals surface area contributed by atoms with Crippen LogP contribution in [0, 0.1) is 20.2 Å². The summed E-state index contributed by atoms with van der Waals surface area (Å²) in [7, 11) is 1.30. The van der Waals surface area contributed by atoms with Crippen molar-refractivity contribution in [2.75, 3.05) is 7.11 Å². The predicted octanol–water partition coefficient (Wildman–Crippen LogP) is 1.38. The molecular weight excluding hydrogens is 204 g/mol. The lowest BCUT2D eigenvalue weighted by atomic mass is 10.2. The van der Waals surface area contributed by atoms with Crippen molar-refractivity contribution in [2.45, 2.75) is 6.54 Å². The van der Waals surface area contributed by atoms with Crippen LogP contribution < -0.4 is 4.74 Å². The minimum Gasteiger partial charge on any atom is -0.490 e. The number of rotatable bonds is 4. The number of ether oxygens (including phenoxy) is 1. The molecule has 0 unspecified atom stereocenters. The van der Waals surface area contributed by atoms with Crippen LogP contribution in [0.2, 0.25) is 0 Å². The number of nitro groups is 2. The molecule has 0 heterocycles. The van der Waals surface area contributed by atoms with E-state index in [-0.39, 0.29) is 17.0 Å². The van der Waals surface area contributed by atoms with Gasteiger partial charge in [-0.1, -0.05) is 0 Å². The van der Waals surface area contributed by atoms with Gasteiger partial charge in [-0.2, -0.15) is 0 Å². The first-order valence-electron chi connectivity index (χ1n) is 3.97. The highest BCUT2D eigenvalue weighted by Crippen LogP contribution is 2.27. The maximum absolute atomic E-state index is 10.6. The second-order valence-electron chi connectivity index (χ2n) is 2.75. The summed E-state index contributed by atoms with van der Waals surface area (Å²) in [6.45, 7) is -0.440. The molecule has 0 saturated carbocycles. The van der Waals surface area contributed by atoms with Crippen LogP contribution in [0.25, 0.3) is 0 Å². The van der Waals surface area contributed by atoms with Gasteiger partial charge >= 0.3 is 5.69 Å². The molecule has 0 amide bonds. The van der Waals surface area contributed by atoms with Gasteiger partial charge in [0.15, 0.2) is 5.75 Å². The summed E-state index contributed by atoms with van der Waals surface area (Å²) in [5.74, 6) is 0.0899. The lowest BCUT2D eigenvalue weighted by molar-refractivity contribution is -0.496. The van der Waals surface area contributed by atoms with Gasteiger partial charge in [-0.05, 0) is 12.1 Å². The van der Waals surface area contributed by atoms with Crippen LogP contribution in [0.1, 0.15) is 5.56 Å². The Morgan fingerprint density at radius 3 is 2.47 bits per heavy atom. The van der Waals surface area contributed by atoms with Crippen molar-refractivity contribution in [1.82, 2.24) is 0 Å². The summed E-state index contributed by atoms with van der Waals surface area (Å²) in [4.78, 5) is 19.6. The molecule has 0 aromatic heterocycles. The topological polar surface area (TPSA) is 95.5 Å². The van der Waals surface area contributed by atoms with Crippen LogP contribution in [-0.2, 0) is 6.54 Å². The normalized spacial score (nSPS) is 9.67. The molecule has 0 N–H and O–H groups in total. The van der Waals surface area contributed by atoms with E-state index in [1.54, 1.807) is 0 Å². The lowest BCUT2D eigenvalue weighted by Gasteiger charge is -2.02. The fourth-order valence-electron chi connectivity index (χ4n) is 1.13. The van der Waals surface area contributed by atoms with E-state index in [2.05, 4.69) is 0 Å². The van der Waals surface area contributed by atoms with E-state index in [4.69, 9.17) is 4.74 Å². The highest BCUT2D eigenvalue weighted by Gasteiger charge is 2.16. The quantitative estimate of drug-likeness (QED) is 0.554. The Labute approximate surface area is 84.6 Å². The van der Waals surface area contributed by atoms with E-state index < -0.39 is 16.4 Å². The molecule has 1 rings (SSSR count). The van der Waals surface area contributed by atoms with Crippen molar-refractivity contribution < 1.29 is 14.6 Å². The van der Waals surface area contributed by atoms with Crippen LogP contribution in [0.15, 0.2) is 18.2 Å². The molecule has 15 heavy (non-hydrogen) atoms. The average molecular weight is 212 g/mol. The third-order valence-electron chi connectivity index (χ3n) is 1.75. The van der Waals surface area contributed by atoms with Crippen LogP contribution in [0.3, 0.4) is 0 Å². The number of nitro benzene ring substituents is 1. The molecule has 0 aliphatic rings. The van der Waals surface area contributed by atoms with Crippen molar-refractivity contribution in [3.05, 3.63) is 44.0 Å². The highest BCUT2D eigenvalue weighted by molar-refractivity contribution is 5.48. The molecule has 0 aliphatic carbocycles. The molecule has 1 aromatic carbocycles. The Morgan fingerprint density at radius 2 is 2.00 bits per heavy atom. The third-order valence-corrected chi connectivity index (χ3v) is 1.75. The first-order valence-corrected chi connectivity index (χ1v) is 3.97. The van der Waals surface area contributed by atoms with Crippen molar-refractivity contribution in [1.29, 1.82) is 0 Å². The van der Waals surface area contributed by atoms with Crippen molar-refractivity contribution in [3.63, 3.8) is 0 Å². The van der Waals surface area contributed by atoms with Crippen LogP contribution >= 0.6 is 0 Å². The molecule has 0 spiro atoms. The molecule has 0 bridgehead atoms. The summed E-state index contributed by atoms with van der Waals surface area (Å²) >= 11 is 0. The molecule has 7 nitrogen and oxygen atoms in total. The fraction of sp³-hybridized carbons (Fsp3) is 0.250. The van der Waals surface area contributed by atoms with Crippen molar-refractivity contribution in [3.8, 4) is 5.75 Å². The lowest BCUT2D eigenvalue weighted by Crippen LogP contribution is -2.00. The summed E-state index contributed by atoms with van der Waals surface area (Å²) < 4.78 is 4.76. The van der Waals surface area contributed by atoms with Gasteiger partial charge in [0.25, 0.3) is 0 Å². The number of benzene rings is 1. The Bertz CT molecular complexity index is 404. The number of methoxy groups -OCH3 is 1. The van der Waals surface area contributed by atoms with Crippen LogP contribution in [0.4, 0.5) is 5.69 Å². The zero-order valence-corrected chi connectivity index (χ0v) is 7.87. The molecule has 0 radical (unpaired) electrons. The summed E-state index contributed by atoms with van der Waals surface area (Å²) in [5, 5.41) is 20.8. The molecule has 0 aliphatic heterocycles. The van der Waals surface area contributed by atoms with Crippen molar-refractivity contribution >= 4 is 5.69 Å². The van der Waals surface area contributed by atoms with Gasteiger partial charge in [0.1, 0.15) is 0 Å². The van der Waals surface area contributed by atoms with Gasteiger partial charge in [0.2, 0.25) is 6.54 Å². The molecule has 1 aromatic rings. The summed E-state index contributed by atoms with van der Waals surface area (Å²) in [5.41, 5.74) is 0.00403. The van der Waals surface area contributed by atoms with E-state index in [9.17, 15) is 20.2 Å². The average Bonchev–Trinajstić information content (AvgIpc) is 2.16. The summed E-state index contributed by atoms with van der Waals surface area (Å²) in [6, 6.07) is 3.91. The Hall–Kier alpha value is -2.18. The Morgan fingerprint density at radius 1 is 1.33 bits per heavy atom. The zero-order valence-electron chi connectivity index (χ0n) is 7.87. The first-order chi connectivity index (χ1) is 7.04. The second-order valence-corrected chi connectivity index (χ2v) is 2.75. The SMILES string of the molecule is COc1ccc(C[N+](=O)[O-])cc1[N+](=O)[O-]. The van der Waals surface area contributed by atoms with E-state index in [0.29, 0.717) is 0 Å². The van der Waals surface area contributed by atoms with Crippen molar-refractivity contribution in [2.24, 2.45) is 0 Å². The third kappa shape index (κ3) is 2.63. The van der Waals surface area contributed by atoms with E-state index in [1.807, 2.05) is 0 Å². The zero-order chi connectivity index (χ0) is 11.4. The van der Waals surface area contributed by atoms with Gasteiger partial charge in [-0.25, -0.2) is 0 Å². The molecular formula is C8H8N2O5. The number of nitrogens with zero attached hydrogens (tertiary/aromatic N) is 2. The standard InChI is InChI=1S/C8H8N2O5/c1-15-8-3-2-6(5-9(11)12)4-7(8)10(13)14/h2-4H,5H2,1H3. The van der Waals surface area contributed by atoms with Gasteiger partial charge in [0, 0.05) is 16.6 Å². The van der Waals surface area contributed by atoms with Gasteiger partial charge < -0.3 is 4.74 Å². The molecule has 0 atom stereocenters. The molecule has 0 saturated heterocycles. The molecule has 0 fully saturated rings. The van der Waals surface area contributed by atoms with E-state index in [1.165, 1.54) is 19.2 Å². The maximum Gasteiger partial charge on any atom is 0.311 e. The van der Waals surface area contributed by atoms with Gasteiger partial charge in [-0.3, -0.25) is 20.2 Å². The molecule has 7 heteroatoms. The van der Waals surface area contributed by atoms with Gasteiger partial charge in [-0.15, -0.1) is 0 Å². The predicted molar refractivity (Wildman–Crippen MR) is 50.3 cm³/mol. The highest BCUT2D eigenvalue weighted by atomic mass is 16.6. The van der Waals surface area contributed by atoms with E-state index >= 15 is 0 Å². The summed E-state index contributed by atoms with van der Waals surface area (Å²) in [6.07, 6.45) is 0. The molecule has 80 valence electrons. The first kappa shape index (κ1) is 10.9. The minimum atomic E-state index is -0.637.